The number of nitro benzene ring substituents is 1. The van der Waals surface area contributed by atoms with Gasteiger partial charge in [0.15, 0.2) is 6.61 Å². The monoisotopic (exact) mass is 391 g/mol. The second-order valence-corrected chi connectivity index (χ2v) is 7.19. The molecule has 1 aliphatic heterocycles. The lowest BCUT2D eigenvalue weighted by molar-refractivity contribution is -0.384. The van der Waals surface area contributed by atoms with Gasteiger partial charge in [-0.3, -0.25) is 14.9 Å². The third kappa shape index (κ3) is 6.21. The summed E-state index contributed by atoms with van der Waals surface area (Å²) in [4.78, 5) is 37.1. The fourth-order valence-electron chi connectivity index (χ4n) is 3.33. The number of nitro groups is 1. The summed E-state index contributed by atoms with van der Waals surface area (Å²) >= 11 is 0. The van der Waals surface area contributed by atoms with Crippen LogP contribution in [0.15, 0.2) is 18.2 Å². The Morgan fingerprint density at radius 1 is 1.29 bits per heavy atom. The predicted molar refractivity (Wildman–Crippen MR) is 107 cm³/mol. The number of esters is 1. The number of benzene rings is 1. The Hall–Kier alpha value is -2.64. The van der Waals surface area contributed by atoms with Crippen LogP contribution in [0.3, 0.4) is 0 Å². The van der Waals surface area contributed by atoms with E-state index in [0.717, 1.165) is 51.6 Å². The number of carbonyl (C=O) groups is 2. The van der Waals surface area contributed by atoms with Crippen LogP contribution in [0.5, 0.6) is 0 Å². The first kappa shape index (κ1) is 21.7. The number of amides is 1. The maximum atomic E-state index is 12.5. The maximum absolute atomic E-state index is 12.5. The summed E-state index contributed by atoms with van der Waals surface area (Å²) in [5.41, 5.74) is 0.560. The lowest BCUT2D eigenvalue weighted by atomic mass is 10.1. The van der Waals surface area contributed by atoms with E-state index in [1.165, 1.54) is 12.1 Å². The minimum absolute atomic E-state index is 0.00993. The second-order valence-electron chi connectivity index (χ2n) is 7.19. The van der Waals surface area contributed by atoms with Crippen molar-refractivity contribution in [3.05, 3.63) is 33.9 Å². The molecule has 0 aromatic heterocycles. The maximum Gasteiger partial charge on any atom is 0.341 e. The molecule has 1 aliphatic rings. The van der Waals surface area contributed by atoms with Crippen molar-refractivity contribution < 1.29 is 19.2 Å². The van der Waals surface area contributed by atoms with Gasteiger partial charge < -0.3 is 15.0 Å². The Morgan fingerprint density at radius 2 is 2.00 bits per heavy atom. The predicted octanol–water partition coefficient (Wildman–Crippen LogP) is 3.44. The fraction of sp³-hybridized carbons (Fsp3) is 0.600. The summed E-state index contributed by atoms with van der Waals surface area (Å²) in [5, 5.41) is 13.9. The van der Waals surface area contributed by atoms with E-state index in [-0.39, 0.29) is 23.2 Å². The van der Waals surface area contributed by atoms with Crippen molar-refractivity contribution in [2.75, 3.05) is 24.6 Å². The highest BCUT2D eigenvalue weighted by Crippen LogP contribution is 2.28. The first-order chi connectivity index (χ1) is 13.4. The summed E-state index contributed by atoms with van der Waals surface area (Å²) in [6, 6.07) is 4.20. The zero-order chi connectivity index (χ0) is 20.5. The number of unbranched alkanes of at least 4 members (excludes halogenated alkanes) is 2. The van der Waals surface area contributed by atoms with Crippen LogP contribution in [0, 0.1) is 10.1 Å². The number of ether oxygens (including phenoxy) is 1. The van der Waals surface area contributed by atoms with Crippen molar-refractivity contribution in [2.24, 2.45) is 0 Å². The highest BCUT2D eigenvalue weighted by atomic mass is 16.6. The second kappa shape index (κ2) is 10.6. The van der Waals surface area contributed by atoms with Gasteiger partial charge in [-0.25, -0.2) is 4.79 Å². The van der Waals surface area contributed by atoms with Gasteiger partial charge in [0.2, 0.25) is 0 Å². The lowest BCUT2D eigenvalue weighted by Crippen LogP contribution is -2.36. The van der Waals surface area contributed by atoms with Crippen LogP contribution < -0.4 is 10.2 Å². The number of nitrogens with one attached hydrogen (secondary N) is 1. The SMILES string of the molecule is CCCCC[C@H](C)NC(=O)COC(=O)c1cc([N+](=O)[O-])ccc1N1CCCC1. The summed E-state index contributed by atoms with van der Waals surface area (Å²) < 4.78 is 5.15. The van der Waals surface area contributed by atoms with Crippen molar-refractivity contribution in [3.63, 3.8) is 0 Å². The molecule has 0 radical (unpaired) electrons. The number of anilines is 1. The van der Waals surface area contributed by atoms with Crippen LogP contribution in [0.25, 0.3) is 0 Å². The zero-order valence-electron chi connectivity index (χ0n) is 16.6. The first-order valence-electron chi connectivity index (χ1n) is 9.92. The van der Waals surface area contributed by atoms with E-state index in [1.54, 1.807) is 6.07 Å². The van der Waals surface area contributed by atoms with Crippen LogP contribution >= 0.6 is 0 Å². The van der Waals surface area contributed by atoms with Gasteiger partial charge in [0.25, 0.3) is 11.6 Å². The third-order valence-electron chi connectivity index (χ3n) is 4.84. The van der Waals surface area contributed by atoms with Crippen molar-refractivity contribution >= 4 is 23.3 Å². The Balaban J connectivity index is 1.99. The Morgan fingerprint density at radius 3 is 2.64 bits per heavy atom. The number of rotatable bonds is 10. The van der Waals surface area contributed by atoms with Gasteiger partial charge in [-0.05, 0) is 32.3 Å². The average Bonchev–Trinajstić information content (AvgIpc) is 3.20. The molecule has 0 aliphatic carbocycles. The van der Waals surface area contributed by atoms with E-state index in [0.29, 0.717) is 5.69 Å². The van der Waals surface area contributed by atoms with Crippen molar-refractivity contribution in [1.29, 1.82) is 0 Å². The van der Waals surface area contributed by atoms with Gasteiger partial charge >= 0.3 is 5.97 Å². The van der Waals surface area contributed by atoms with Gasteiger partial charge in [-0.1, -0.05) is 26.2 Å². The lowest BCUT2D eigenvalue weighted by Gasteiger charge is -2.20. The number of carbonyl (C=O) groups excluding carboxylic acids is 2. The van der Waals surface area contributed by atoms with Crippen LogP contribution in [0.2, 0.25) is 0 Å². The quantitative estimate of drug-likeness (QED) is 0.284. The van der Waals surface area contributed by atoms with Crippen molar-refractivity contribution in [1.82, 2.24) is 5.32 Å². The molecule has 8 heteroatoms. The molecule has 0 spiro atoms. The number of hydrogen-bond acceptors (Lipinski definition) is 6. The molecule has 8 nitrogen and oxygen atoms in total. The fourth-order valence-corrected chi connectivity index (χ4v) is 3.33. The minimum atomic E-state index is -0.723. The van der Waals surface area contributed by atoms with E-state index in [4.69, 9.17) is 4.74 Å². The van der Waals surface area contributed by atoms with Crippen LogP contribution in [-0.2, 0) is 9.53 Å². The van der Waals surface area contributed by atoms with E-state index in [9.17, 15) is 19.7 Å². The molecular weight excluding hydrogens is 362 g/mol. The number of non-ortho nitro benzene ring substituents is 1. The van der Waals surface area contributed by atoms with Gasteiger partial charge in [-0.2, -0.15) is 0 Å². The van der Waals surface area contributed by atoms with Gasteiger partial charge in [0, 0.05) is 31.3 Å². The molecule has 1 fully saturated rings. The normalized spacial score (nSPS) is 14.6. The molecule has 154 valence electrons. The van der Waals surface area contributed by atoms with Gasteiger partial charge in [0.05, 0.1) is 16.2 Å². The highest BCUT2D eigenvalue weighted by Gasteiger charge is 2.24. The Labute approximate surface area is 165 Å². The minimum Gasteiger partial charge on any atom is -0.452 e. The van der Waals surface area contributed by atoms with E-state index >= 15 is 0 Å². The van der Waals surface area contributed by atoms with Gasteiger partial charge in [0.1, 0.15) is 0 Å². The van der Waals surface area contributed by atoms with Crippen molar-refractivity contribution in [3.8, 4) is 0 Å². The Bertz CT molecular complexity index is 701. The topological polar surface area (TPSA) is 102 Å². The van der Waals surface area contributed by atoms with E-state index in [1.807, 2.05) is 11.8 Å². The molecule has 28 heavy (non-hydrogen) atoms. The molecule has 1 aromatic carbocycles. The smallest absolute Gasteiger partial charge is 0.341 e. The zero-order valence-corrected chi connectivity index (χ0v) is 16.6. The number of nitrogens with zero attached hydrogens (tertiary/aromatic N) is 2. The Kier molecular flexibility index (Phi) is 8.22. The molecule has 1 N–H and O–H groups in total. The van der Waals surface area contributed by atoms with Gasteiger partial charge in [-0.15, -0.1) is 0 Å². The molecule has 0 bridgehead atoms. The molecule has 1 amide bonds. The molecule has 1 heterocycles. The van der Waals surface area contributed by atoms with E-state index in [2.05, 4.69) is 12.2 Å². The van der Waals surface area contributed by atoms with E-state index < -0.39 is 17.5 Å². The first-order valence-corrected chi connectivity index (χ1v) is 9.92. The third-order valence-corrected chi connectivity index (χ3v) is 4.84. The number of hydrogen-bond donors (Lipinski definition) is 1. The molecule has 1 atom stereocenters. The summed E-state index contributed by atoms with van der Waals surface area (Å²) in [6.45, 7) is 5.20. The molecule has 0 saturated carbocycles. The summed E-state index contributed by atoms with van der Waals surface area (Å²) in [7, 11) is 0. The van der Waals surface area contributed by atoms with Crippen LogP contribution in [0.4, 0.5) is 11.4 Å². The largest absolute Gasteiger partial charge is 0.452 e. The standard InChI is InChI=1S/C20H29N3O5/c1-3-4-5-8-15(2)21-19(24)14-28-20(25)17-13-16(23(26)27)9-10-18(17)22-11-6-7-12-22/h9-10,13,15H,3-8,11-12,14H2,1-2H3,(H,21,24)/t15-/m0/s1. The summed E-state index contributed by atoms with van der Waals surface area (Å²) in [6.07, 6.45) is 6.14. The summed E-state index contributed by atoms with van der Waals surface area (Å²) in [5.74, 6) is -1.09. The van der Waals surface area contributed by atoms with Crippen LogP contribution in [-0.4, -0.2) is 42.5 Å². The van der Waals surface area contributed by atoms with Crippen molar-refractivity contribution in [2.45, 2.75) is 58.4 Å². The molecule has 1 saturated heterocycles. The molecular formula is C20H29N3O5. The highest BCUT2D eigenvalue weighted by molar-refractivity contribution is 5.97. The molecule has 2 rings (SSSR count). The molecule has 1 aromatic rings. The van der Waals surface area contributed by atoms with Crippen LogP contribution in [0.1, 0.15) is 62.7 Å². The average molecular weight is 391 g/mol. The molecule has 0 unspecified atom stereocenters.